The fraction of sp³-hybridized carbons (Fsp3) is 0.304. The Kier molecular flexibility index (Phi) is 6.32. The summed E-state index contributed by atoms with van der Waals surface area (Å²) in [7, 11) is 1.60. The van der Waals surface area contributed by atoms with Crippen LogP contribution in [0.25, 0.3) is 11.0 Å². The van der Waals surface area contributed by atoms with E-state index >= 15 is 0 Å². The SMILES string of the molecule is COc1ccc2c(CC(=O)N3CCCN(C(=O)Nc4ccc(Cl)cc4)CC3)coc2c1. The molecule has 2 aromatic carbocycles. The van der Waals surface area contributed by atoms with Gasteiger partial charge < -0.3 is 24.3 Å². The van der Waals surface area contributed by atoms with Gasteiger partial charge in [-0.05, 0) is 42.8 Å². The molecule has 1 fully saturated rings. The molecule has 0 bridgehead atoms. The third-order valence-electron chi connectivity index (χ3n) is 5.44. The minimum absolute atomic E-state index is 0.0264. The minimum atomic E-state index is -0.175. The number of urea groups is 1. The summed E-state index contributed by atoms with van der Waals surface area (Å²) in [5, 5.41) is 4.41. The molecule has 0 saturated carbocycles. The number of rotatable bonds is 4. The topological polar surface area (TPSA) is 75.0 Å². The number of nitrogens with one attached hydrogen (secondary N) is 1. The Morgan fingerprint density at radius 1 is 1.06 bits per heavy atom. The van der Waals surface area contributed by atoms with Crippen molar-refractivity contribution >= 4 is 40.2 Å². The van der Waals surface area contributed by atoms with E-state index in [4.69, 9.17) is 20.8 Å². The fourth-order valence-corrected chi connectivity index (χ4v) is 3.83. The number of amides is 3. The predicted octanol–water partition coefficient (Wildman–Crippen LogP) is 4.40. The van der Waals surface area contributed by atoms with Crippen molar-refractivity contribution < 1.29 is 18.7 Å². The monoisotopic (exact) mass is 441 g/mol. The first-order chi connectivity index (χ1) is 15.0. The number of halogens is 1. The van der Waals surface area contributed by atoms with Gasteiger partial charge >= 0.3 is 6.03 Å². The number of hydrogen-bond acceptors (Lipinski definition) is 4. The zero-order chi connectivity index (χ0) is 21.8. The molecule has 7 nitrogen and oxygen atoms in total. The lowest BCUT2D eigenvalue weighted by Crippen LogP contribution is -2.39. The molecule has 3 amide bonds. The van der Waals surface area contributed by atoms with Crippen LogP contribution < -0.4 is 10.1 Å². The number of carbonyl (C=O) groups is 2. The van der Waals surface area contributed by atoms with Gasteiger partial charge in [-0.2, -0.15) is 0 Å². The number of carbonyl (C=O) groups excluding carboxylic acids is 2. The summed E-state index contributed by atoms with van der Waals surface area (Å²) in [4.78, 5) is 29.1. The number of methoxy groups -OCH3 is 1. The van der Waals surface area contributed by atoms with Crippen molar-refractivity contribution in [3.05, 3.63) is 59.3 Å². The number of furan rings is 1. The third-order valence-corrected chi connectivity index (χ3v) is 5.69. The lowest BCUT2D eigenvalue weighted by molar-refractivity contribution is -0.130. The number of anilines is 1. The molecule has 3 aromatic rings. The van der Waals surface area contributed by atoms with Crippen LogP contribution in [0.2, 0.25) is 5.02 Å². The molecule has 162 valence electrons. The van der Waals surface area contributed by atoms with Gasteiger partial charge in [-0.1, -0.05) is 11.6 Å². The van der Waals surface area contributed by atoms with Gasteiger partial charge in [0.15, 0.2) is 0 Å². The van der Waals surface area contributed by atoms with E-state index in [0.29, 0.717) is 48.2 Å². The summed E-state index contributed by atoms with van der Waals surface area (Å²) < 4.78 is 10.8. The smallest absolute Gasteiger partial charge is 0.321 e. The quantitative estimate of drug-likeness (QED) is 0.651. The van der Waals surface area contributed by atoms with E-state index in [0.717, 1.165) is 17.4 Å². The molecule has 1 aliphatic heterocycles. The third kappa shape index (κ3) is 4.94. The van der Waals surface area contributed by atoms with E-state index < -0.39 is 0 Å². The standard InChI is InChI=1S/C23H24ClN3O4/c1-30-19-7-8-20-16(15-31-21(20)14-19)13-22(28)26-9-2-10-27(12-11-26)23(29)25-18-5-3-17(24)4-6-18/h3-8,14-15H,2,9-13H2,1H3,(H,25,29). The first kappa shape index (κ1) is 21.1. The molecule has 0 atom stereocenters. The zero-order valence-corrected chi connectivity index (χ0v) is 18.0. The van der Waals surface area contributed by atoms with E-state index in [-0.39, 0.29) is 18.4 Å². The number of hydrogen-bond donors (Lipinski definition) is 1. The summed E-state index contributed by atoms with van der Waals surface area (Å²) in [5.74, 6) is 0.739. The van der Waals surface area contributed by atoms with Crippen molar-refractivity contribution in [2.75, 3.05) is 38.6 Å². The molecule has 8 heteroatoms. The zero-order valence-electron chi connectivity index (χ0n) is 17.3. The van der Waals surface area contributed by atoms with E-state index in [1.807, 2.05) is 23.1 Å². The van der Waals surface area contributed by atoms with Crippen LogP contribution in [0.3, 0.4) is 0 Å². The Hall–Kier alpha value is -3.19. The van der Waals surface area contributed by atoms with E-state index in [1.165, 1.54) is 0 Å². The molecule has 0 aliphatic carbocycles. The maximum absolute atomic E-state index is 12.9. The molecule has 4 rings (SSSR count). The molecule has 1 N–H and O–H groups in total. The van der Waals surface area contributed by atoms with Gasteiger partial charge in [0.1, 0.15) is 11.3 Å². The van der Waals surface area contributed by atoms with E-state index in [2.05, 4.69) is 5.32 Å². The Morgan fingerprint density at radius 2 is 1.81 bits per heavy atom. The second-order valence-corrected chi connectivity index (χ2v) is 7.89. The molecule has 0 spiro atoms. The summed E-state index contributed by atoms with van der Waals surface area (Å²) in [6.45, 7) is 2.19. The van der Waals surface area contributed by atoms with Gasteiger partial charge in [0, 0.05) is 53.9 Å². The second-order valence-electron chi connectivity index (χ2n) is 7.46. The number of nitrogens with zero attached hydrogens (tertiary/aromatic N) is 2. The highest BCUT2D eigenvalue weighted by molar-refractivity contribution is 6.30. The summed E-state index contributed by atoms with van der Waals surface area (Å²) >= 11 is 5.89. The number of fused-ring (bicyclic) bond motifs is 1. The molecule has 1 aromatic heterocycles. The second kappa shape index (κ2) is 9.31. The fourth-order valence-electron chi connectivity index (χ4n) is 3.71. The van der Waals surface area contributed by atoms with Crippen molar-refractivity contribution in [3.8, 4) is 5.75 Å². The van der Waals surface area contributed by atoms with Gasteiger partial charge in [-0.25, -0.2) is 4.79 Å². The minimum Gasteiger partial charge on any atom is -0.497 e. The molecule has 31 heavy (non-hydrogen) atoms. The van der Waals surface area contributed by atoms with Crippen molar-refractivity contribution in [1.82, 2.24) is 9.80 Å². The average molecular weight is 442 g/mol. The molecule has 0 unspecified atom stereocenters. The van der Waals surface area contributed by atoms with Crippen LogP contribution in [-0.2, 0) is 11.2 Å². The molecule has 1 aliphatic rings. The van der Waals surface area contributed by atoms with Crippen LogP contribution in [0.1, 0.15) is 12.0 Å². The maximum atomic E-state index is 12.9. The van der Waals surface area contributed by atoms with Crippen LogP contribution in [-0.4, -0.2) is 55.0 Å². The van der Waals surface area contributed by atoms with Crippen molar-refractivity contribution in [3.63, 3.8) is 0 Å². The first-order valence-electron chi connectivity index (χ1n) is 10.2. The van der Waals surface area contributed by atoms with E-state index in [1.54, 1.807) is 42.5 Å². The summed E-state index contributed by atoms with van der Waals surface area (Å²) in [5.41, 5.74) is 2.24. The summed E-state index contributed by atoms with van der Waals surface area (Å²) in [6.07, 6.45) is 2.62. The van der Waals surface area contributed by atoms with Crippen LogP contribution in [0.15, 0.2) is 53.1 Å². The Morgan fingerprint density at radius 3 is 2.58 bits per heavy atom. The highest BCUT2D eigenvalue weighted by Gasteiger charge is 2.23. The number of ether oxygens (including phenoxy) is 1. The lowest BCUT2D eigenvalue weighted by atomic mass is 10.1. The van der Waals surface area contributed by atoms with Gasteiger partial charge in [0.2, 0.25) is 5.91 Å². The Bertz CT molecular complexity index is 1080. The van der Waals surface area contributed by atoms with Crippen molar-refractivity contribution in [1.29, 1.82) is 0 Å². The van der Waals surface area contributed by atoms with Crippen molar-refractivity contribution in [2.24, 2.45) is 0 Å². The van der Waals surface area contributed by atoms with Crippen molar-refractivity contribution in [2.45, 2.75) is 12.8 Å². The van der Waals surface area contributed by atoms with E-state index in [9.17, 15) is 9.59 Å². The predicted molar refractivity (Wildman–Crippen MR) is 120 cm³/mol. The van der Waals surface area contributed by atoms with Gasteiger partial charge in [-0.15, -0.1) is 0 Å². The molecular weight excluding hydrogens is 418 g/mol. The molecular formula is C23H24ClN3O4. The van der Waals surface area contributed by atoms with Crippen LogP contribution >= 0.6 is 11.6 Å². The lowest BCUT2D eigenvalue weighted by Gasteiger charge is -2.22. The highest BCUT2D eigenvalue weighted by Crippen LogP contribution is 2.26. The highest BCUT2D eigenvalue weighted by atomic mass is 35.5. The number of benzene rings is 2. The summed E-state index contributed by atoms with van der Waals surface area (Å²) in [6, 6.07) is 12.4. The average Bonchev–Trinajstić information content (AvgIpc) is 3.00. The largest absolute Gasteiger partial charge is 0.497 e. The normalized spacial score (nSPS) is 14.4. The first-order valence-corrected chi connectivity index (χ1v) is 10.5. The Labute approximate surface area is 185 Å². The van der Waals surface area contributed by atoms with Gasteiger partial charge in [0.05, 0.1) is 19.8 Å². The van der Waals surface area contributed by atoms with Gasteiger partial charge in [-0.3, -0.25) is 4.79 Å². The van der Waals surface area contributed by atoms with Crippen LogP contribution in [0, 0.1) is 0 Å². The van der Waals surface area contributed by atoms with Crippen LogP contribution in [0.4, 0.5) is 10.5 Å². The van der Waals surface area contributed by atoms with Crippen LogP contribution in [0.5, 0.6) is 5.75 Å². The molecule has 1 saturated heterocycles. The molecule has 2 heterocycles. The molecule has 0 radical (unpaired) electrons. The maximum Gasteiger partial charge on any atom is 0.321 e. The van der Waals surface area contributed by atoms with Gasteiger partial charge in [0.25, 0.3) is 0 Å². The Balaban J connectivity index is 1.35.